The molecule has 0 N–H and O–H groups in total. The molecular weight excluding hydrogens is 204 g/mol. The highest BCUT2D eigenvalue weighted by atomic mass is 16.5. The zero-order valence-electron chi connectivity index (χ0n) is 9.86. The van der Waals surface area contributed by atoms with Gasteiger partial charge in [-0.05, 0) is 24.0 Å². The summed E-state index contributed by atoms with van der Waals surface area (Å²) >= 11 is 0. The van der Waals surface area contributed by atoms with Crippen LogP contribution in [0.1, 0.15) is 24.5 Å². The van der Waals surface area contributed by atoms with Crippen LogP contribution in [0.5, 0.6) is 0 Å². The number of ether oxygens (including phenoxy) is 2. The fourth-order valence-corrected chi connectivity index (χ4v) is 1.53. The van der Waals surface area contributed by atoms with Gasteiger partial charge in [-0.1, -0.05) is 24.3 Å². The molecule has 88 valence electrons. The van der Waals surface area contributed by atoms with Gasteiger partial charge in [-0.2, -0.15) is 0 Å². The Morgan fingerprint density at radius 2 is 2.06 bits per heavy atom. The minimum Gasteiger partial charge on any atom is -0.466 e. The lowest BCUT2D eigenvalue weighted by Gasteiger charge is -2.05. The van der Waals surface area contributed by atoms with Gasteiger partial charge in [0.25, 0.3) is 0 Å². The molecule has 0 fully saturated rings. The van der Waals surface area contributed by atoms with Crippen LogP contribution in [0.25, 0.3) is 0 Å². The van der Waals surface area contributed by atoms with Gasteiger partial charge in [-0.15, -0.1) is 0 Å². The predicted octanol–water partition coefficient (Wildman–Crippen LogP) is 2.33. The molecule has 0 aliphatic rings. The van der Waals surface area contributed by atoms with Gasteiger partial charge in [-0.25, -0.2) is 0 Å². The Morgan fingerprint density at radius 1 is 1.31 bits per heavy atom. The molecule has 1 rings (SSSR count). The fraction of sp³-hybridized carbons (Fsp3) is 0.462. The number of carbonyl (C=O) groups is 1. The normalized spacial score (nSPS) is 10.1. The Bertz CT molecular complexity index is 334. The maximum absolute atomic E-state index is 10.6. The van der Waals surface area contributed by atoms with E-state index in [1.807, 2.05) is 12.1 Å². The number of esters is 1. The van der Waals surface area contributed by atoms with Crippen LogP contribution >= 0.6 is 0 Å². The fourth-order valence-electron chi connectivity index (χ4n) is 1.53. The van der Waals surface area contributed by atoms with E-state index in [9.17, 15) is 4.79 Å². The third-order valence-electron chi connectivity index (χ3n) is 2.22. The second kappa shape index (κ2) is 7.01. The van der Waals surface area contributed by atoms with Crippen LogP contribution in [0.15, 0.2) is 24.3 Å². The molecule has 0 amide bonds. The highest BCUT2D eigenvalue weighted by Crippen LogP contribution is 2.08. The lowest BCUT2D eigenvalue weighted by Crippen LogP contribution is -2.01. The number of benzene rings is 1. The van der Waals surface area contributed by atoms with Crippen molar-refractivity contribution in [1.82, 2.24) is 0 Å². The summed E-state index contributed by atoms with van der Waals surface area (Å²) in [4.78, 5) is 10.6. The van der Waals surface area contributed by atoms with Crippen molar-refractivity contribution in [1.29, 1.82) is 0 Å². The summed E-state index contributed by atoms with van der Waals surface area (Å²) in [6.45, 7) is 2.56. The van der Waals surface area contributed by atoms with E-state index < -0.39 is 0 Å². The minimum absolute atomic E-state index is 0.215. The molecule has 1 aromatic carbocycles. The molecule has 16 heavy (non-hydrogen) atoms. The largest absolute Gasteiger partial charge is 0.466 e. The van der Waals surface area contributed by atoms with Crippen LogP contribution in [0.2, 0.25) is 0 Å². The van der Waals surface area contributed by atoms with Crippen molar-refractivity contribution in [2.24, 2.45) is 0 Å². The predicted molar refractivity (Wildman–Crippen MR) is 62.1 cm³/mol. The van der Waals surface area contributed by atoms with Crippen molar-refractivity contribution < 1.29 is 14.3 Å². The molecule has 0 heterocycles. The summed E-state index contributed by atoms with van der Waals surface area (Å²) in [6.07, 6.45) is 1.78. The lowest BCUT2D eigenvalue weighted by molar-refractivity contribution is -0.141. The molecular formula is C13H18O3. The SMILES string of the molecule is COCc1cccc(CCCOC(C)=O)c1. The first kappa shape index (κ1) is 12.7. The summed E-state index contributed by atoms with van der Waals surface area (Å²) < 4.78 is 9.95. The standard InChI is InChI=1S/C13H18O3/c1-11(14)16-8-4-7-12-5-3-6-13(9-12)10-15-2/h3,5-6,9H,4,7-8,10H2,1-2H3. The Balaban J connectivity index is 2.35. The molecule has 0 aliphatic carbocycles. The van der Waals surface area contributed by atoms with E-state index in [2.05, 4.69) is 12.1 Å². The van der Waals surface area contributed by atoms with Crippen LogP contribution in [-0.2, 0) is 27.3 Å². The molecule has 0 spiro atoms. The monoisotopic (exact) mass is 222 g/mol. The molecule has 0 aliphatic heterocycles. The van der Waals surface area contributed by atoms with Gasteiger partial charge in [0.05, 0.1) is 13.2 Å². The van der Waals surface area contributed by atoms with E-state index in [4.69, 9.17) is 9.47 Å². The van der Waals surface area contributed by atoms with Crippen LogP contribution in [0.4, 0.5) is 0 Å². The van der Waals surface area contributed by atoms with Gasteiger partial charge in [-0.3, -0.25) is 4.79 Å². The molecule has 3 heteroatoms. The zero-order chi connectivity index (χ0) is 11.8. The second-order valence-electron chi connectivity index (χ2n) is 3.70. The molecule has 3 nitrogen and oxygen atoms in total. The average molecular weight is 222 g/mol. The van der Waals surface area contributed by atoms with E-state index in [0.29, 0.717) is 13.2 Å². The van der Waals surface area contributed by atoms with Crippen LogP contribution in [0, 0.1) is 0 Å². The van der Waals surface area contributed by atoms with Gasteiger partial charge < -0.3 is 9.47 Å². The molecule has 1 aromatic rings. The number of carbonyl (C=O) groups excluding carboxylic acids is 1. The van der Waals surface area contributed by atoms with Gasteiger partial charge in [0.15, 0.2) is 0 Å². The summed E-state index contributed by atoms with van der Waals surface area (Å²) in [5.74, 6) is -0.215. The molecule has 0 bridgehead atoms. The average Bonchev–Trinajstić information content (AvgIpc) is 2.25. The number of aryl methyl sites for hydroxylation is 1. The van der Waals surface area contributed by atoms with Gasteiger partial charge in [0, 0.05) is 14.0 Å². The first-order valence-electron chi connectivity index (χ1n) is 5.42. The molecule has 0 saturated heterocycles. The van der Waals surface area contributed by atoms with Crippen molar-refractivity contribution in [3.8, 4) is 0 Å². The van der Waals surface area contributed by atoms with Crippen molar-refractivity contribution in [3.05, 3.63) is 35.4 Å². The summed E-state index contributed by atoms with van der Waals surface area (Å²) in [5.41, 5.74) is 2.43. The minimum atomic E-state index is -0.215. The van der Waals surface area contributed by atoms with E-state index in [1.54, 1.807) is 7.11 Å². The topological polar surface area (TPSA) is 35.5 Å². The van der Waals surface area contributed by atoms with Crippen LogP contribution in [0.3, 0.4) is 0 Å². The van der Waals surface area contributed by atoms with E-state index in [1.165, 1.54) is 18.1 Å². The lowest BCUT2D eigenvalue weighted by atomic mass is 10.1. The van der Waals surface area contributed by atoms with Gasteiger partial charge >= 0.3 is 5.97 Å². The van der Waals surface area contributed by atoms with Crippen molar-refractivity contribution in [2.75, 3.05) is 13.7 Å². The summed E-state index contributed by atoms with van der Waals surface area (Å²) in [7, 11) is 1.69. The van der Waals surface area contributed by atoms with Crippen molar-refractivity contribution in [3.63, 3.8) is 0 Å². The third-order valence-corrected chi connectivity index (χ3v) is 2.22. The van der Waals surface area contributed by atoms with Crippen LogP contribution < -0.4 is 0 Å². The number of hydrogen-bond acceptors (Lipinski definition) is 3. The molecule has 0 radical (unpaired) electrons. The summed E-state index contributed by atoms with van der Waals surface area (Å²) in [6, 6.07) is 8.26. The van der Waals surface area contributed by atoms with Gasteiger partial charge in [0.2, 0.25) is 0 Å². The van der Waals surface area contributed by atoms with Crippen molar-refractivity contribution >= 4 is 5.97 Å². The van der Waals surface area contributed by atoms with E-state index in [0.717, 1.165) is 12.8 Å². The first-order valence-corrected chi connectivity index (χ1v) is 5.42. The molecule has 0 saturated carbocycles. The number of hydrogen-bond donors (Lipinski definition) is 0. The zero-order valence-corrected chi connectivity index (χ0v) is 9.86. The molecule has 0 unspecified atom stereocenters. The number of methoxy groups -OCH3 is 1. The highest BCUT2D eigenvalue weighted by molar-refractivity contribution is 5.65. The van der Waals surface area contributed by atoms with E-state index >= 15 is 0 Å². The molecule has 0 atom stereocenters. The maximum Gasteiger partial charge on any atom is 0.302 e. The van der Waals surface area contributed by atoms with Crippen LogP contribution in [-0.4, -0.2) is 19.7 Å². The Morgan fingerprint density at radius 3 is 2.75 bits per heavy atom. The first-order chi connectivity index (χ1) is 7.72. The Kier molecular flexibility index (Phi) is 5.57. The second-order valence-corrected chi connectivity index (χ2v) is 3.70. The molecule has 0 aromatic heterocycles. The quantitative estimate of drug-likeness (QED) is 0.547. The van der Waals surface area contributed by atoms with E-state index in [-0.39, 0.29) is 5.97 Å². The van der Waals surface area contributed by atoms with Gasteiger partial charge in [0.1, 0.15) is 0 Å². The smallest absolute Gasteiger partial charge is 0.302 e. The highest BCUT2D eigenvalue weighted by Gasteiger charge is 1.97. The maximum atomic E-state index is 10.6. The van der Waals surface area contributed by atoms with Crippen molar-refractivity contribution in [2.45, 2.75) is 26.4 Å². The number of rotatable bonds is 6. The Hall–Kier alpha value is -1.35. The summed E-state index contributed by atoms with van der Waals surface area (Å²) in [5, 5.41) is 0. The third kappa shape index (κ3) is 4.94. The Labute approximate surface area is 96.4 Å².